The first-order valence-corrected chi connectivity index (χ1v) is 5.66. The van der Waals surface area contributed by atoms with Crippen LogP contribution < -0.4 is 5.32 Å². The van der Waals surface area contributed by atoms with Crippen molar-refractivity contribution in [3.8, 4) is 0 Å². The lowest BCUT2D eigenvalue weighted by atomic mass is 10.5. The Bertz CT molecular complexity index is 475. The van der Waals surface area contributed by atoms with E-state index in [1.165, 1.54) is 12.8 Å². The van der Waals surface area contributed by atoms with Crippen molar-refractivity contribution in [3.63, 3.8) is 0 Å². The molecule has 3 rings (SSSR count). The normalized spacial score (nSPS) is 16.1. The van der Waals surface area contributed by atoms with Crippen molar-refractivity contribution < 1.29 is 0 Å². The molecule has 1 N–H and O–H groups in total. The van der Waals surface area contributed by atoms with Crippen LogP contribution in [0.4, 0.5) is 5.69 Å². The third-order valence-electron chi connectivity index (χ3n) is 2.26. The molecule has 0 aromatic carbocycles. The summed E-state index contributed by atoms with van der Waals surface area (Å²) in [5.41, 5.74) is 1.98. The number of halogens is 1. The first-order valence-electron chi connectivity index (χ1n) is 4.58. The van der Waals surface area contributed by atoms with E-state index < -0.39 is 0 Å². The van der Waals surface area contributed by atoms with Crippen LogP contribution in [0.2, 0.25) is 0 Å². The lowest BCUT2D eigenvalue weighted by Crippen LogP contribution is -2.03. The second-order valence-corrected chi connectivity index (χ2v) is 4.68. The van der Waals surface area contributed by atoms with Gasteiger partial charge in [0.25, 0.3) is 0 Å². The first kappa shape index (κ1) is 8.46. The zero-order valence-electron chi connectivity index (χ0n) is 7.44. The second kappa shape index (κ2) is 3.08. The summed E-state index contributed by atoms with van der Waals surface area (Å²) in [6.45, 7) is 0. The van der Waals surface area contributed by atoms with Crippen LogP contribution >= 0.6 is 22.6 Å². The minimum absolute atomic E-state index is 0.656. The highest BCUT2D eigenvalue weighted by Gasteiger charge is 2.21. The van der Waals surface area contributed by atoms with Crippen LogP contribution in [0.15, 0.2) is 18.6 Å². The van der Waals surface area contributed by atoms with Crippen LogP contribution in [0.3, 0.4) is 0 Å². The Morgan fingerprint density at radius 2 is 2.29 bits per heavy atom. The molecule has 0 unspecified atom stereocenters. The van der Waals surface area contributed by atoms with Crippen molar-refractivity contribution in [3.05, 3.63) is 22.2 Å². The molecule has 2 aromatic rings. The van der Waals surface area contributed by atoms with E-state index in [9.17, 15) is 0 Å². The standard InChI is InChI=1S/C9H9IN4/c10-8-4-12-14-5-7(3-11-9(8)14)13-6-1-2-6/h3-6,13H,1-2H2. The minimum Gasteiger partial charge on any atom is -0.380 e. The van der Waals surface area contributed by atoms with Crippen molar-refractivity contribution >= 4 is 33.9 Å². The number of rotatable bonds is 2. The number of nitrogens with one attached hydrogen (secondary N) is 1. The van der Waals surface area contributed by atoms with Crippen molar-refractivity contribution in [1.29, 1.82) is 0 Å². The maximum atomic E-state index is 4.35. The van der Waals surface area contributed by atoms with E-state index in [2.05, 4.69) is 38.0 Å². The molecule has 4 nitrogen and oxygen atoms in total. The number of anilines is 1. The summed E-state index contributed by atoms with van der Waals surface area (Å²) < 4.78 is 2.90. The average molecular weight is 300 g/mol. The van der Waals surface area contributed by atoms with E-state index in [4.69, 9.17) is 0 Å². The van der Waals surface area contributed by atoms with Gasteiger partial charge < -0.3 is 5.32 Å². The molecule has 0 atom stereocenters. The first-order chi connectivity index (χ1) is 6.83. The van der Waals surface area contributed by atoms with Gasteiger partial charge in [0.05, 0.1) is 27.8 Å². The summed E-state index contributed by atoms with van der Waals surface area (Å²) >= 11 is 2.24. The van der Waals surface area contributed by atoms with Gasteiger partial charge in [-0.15, -0.1) is 0 Å². The third kappa shape index (κ3) is 1.45. The van der Waals surface area contributed by atoms with Gasteiger partial charge in [-0.05, 0) is 35.4 Å². The summed E-state index contributed by atoms with van der Waals surface area (Å²) in [5, 5.41) is 7.60. The highest BCUT2D eigenvalue weighted by molar-refractivity contribution is 14.1. The Morgan fingerprint density at radius 3 is 3.07 bits per heavy atom. The fourth-order valence-electron chi connectivity index (χ4n) is 1.38. The van der Waals surface area contributed by atoms with Crippen molar-refractivity contribution in [2.75, 3.05) is 5.32 Å². The fourth-order valence-corrected chi connectivity index (χ4v) is 1.89. The SMILES string of the molecule is Ic1cnn2cc(NC3CC3)cnc12. The summed E-state index contributed by atoms with van der Waals surface area (Å²) in [6, 6.07) is 0.656. The van der Waals surface area contributed by atoms with Crippen LogP contribution in [0.5, 0.6) is 0 Å². The average Bonchev–Trinajstić information content (AvgIpc) is 2.92. The molecule has 0 aliphatic heterocycles. The van der Waals surface area contributed by atoms with Crippen LogP contribution in [-0.2, 0) is 0 Å². The lowest BCUT2D eigenvalue weighted by Gasteiger charge is -2.03. The third-order valence-corrected chi connectivity index (χ3v) is 3.02. The molecule has 5 heteroatoms. The Kier molecular flexibility index (Phi) is 1.86. The Labute approximate surface area is 94.9 Å². The zero-order chi connectivity index (χ0) is 9.54. The molecule has 1 aliphatic carbocycles. The van der Waals surface area contributed by atoms with Gasteiger partial charge >= 0.3 is 0 Å². The molecule has 0 amide bonds. The van der Waals surface area contributed by atoms with E-state index in [-0.39, 0.29) is 0 Å². The van der Waals surface area contributed by atoms with E-state index >= 15 is 0 Å². The quantitative estimate of drug-likeness (QED) is 0.862. The maximum absolute atomic E-state index is 4.35. The molecule has 2 aromatic heterocycles. The van der Waals surface area contributed by atoms with Gasteiger partial charge in [-0.2, -0.15) is 5.10 Å². The van der Waals surface area contributed by atoms with Gasteiger partial charge in [0.2, 0.25) is 0 Å². The Morgan fingerprint density at radius 1 is 1.43 bits per heavy atom. The molecule has 72 valence electrons. The highest BCUT2D eigenvalue weighted by atomic mass is 127. The molecule has 1 aliphatic rings. The Hall–Kier alpha value is -0.850. The van der Waals surface area contributed by atoms with Gasteiger partial charge in [0, 0.05) is 6.04 Å². The molecule has 2 heterocycles. The van der Waals surface area contributed by atoms with Crippen LogP contribution in [-0.4, -0.2) is 20.6 Å². The van der Waals surface area contributed by atoms with Gasteiger partial charge in [-0.3, -0.25) is 0 Å². The van der Waals surface area contributed by atoms with Gasteiger partial charge in [-0.1, -0.05) is 0 Å². The summed E-state index contributed by atoms with van der Waals surface area (Å²) in [7, 11) is 0. The van der Waals surface area contributed by atoms with Crippen molar-refractivity contribution in [1.82, 2.24) is 14.6 Å². The van der Waals surface area contributed by atoms with Gasteiger partial charge in [0.15, 0.2) is 5.65 Å². The lowest BCUT2D eigenvalue weighted by molar-refractivity contribution is 0.935. The minimum atomic E-state index is 0.656. The van der Waals surface area contributed by atoms with Crippen molar-refractivity contribution in [2.24, 2.45) is 0 Å². The molecule has 1 saturated carbocycles. The maximum Gasteiger partial charge on any atom is 0.168 e. The Balaban J connectivity index is 2.01. The second-order valence-electron chi connectivity index (χ2n) is 3.52. The highest BCUT2D eigenvalue weighted by Crippen LogP contribution is 2.24. The molecule has 0 bridgehead atoms. The van der Waals surface area contributed by atoms with E-state index in [1.807, 2.05) is 23.1 Å². The topological polar surface area (TPSA) is 42.2 Å². The van der Waals surface area contributed by atoms with Crippen LogP contribution in [0.25, 0.3) is 5.65 Å². The van der Waals surface area contributed by atoms with Gasteiger partial charge in [0.1, 0.15) is 0 Å². The molecular formula is C9H9IN4. The molecule has 0 radical (unpaired) electrons. The van der Waals surface area contributed by atoms with E-state index in [0.717, 1.165) is 14.9 Å². The van der Waals surface area contributed by atoms with Gasteiger partial charge in [-0.25, -0.2) is 9.50 Å². The molecule has 0 saturated heterocycles. The number of hydrogen-bond acceptors (Lipinski definition) is 3. The number of nitrogens with zero attached hydrogens (tertiary/aromatic N) is 3. The number of aromatic nitrogens is 3. The fraction of sp³-hybridized carbons (Fsp3) is 0.333. The summed E-state index contributed by atoms with van der Waals surface area (Å²) in [4.78, 5) is 4.35. The molecule has 1 fully saturated rings. The predicted octanol–water partition coefficient (Wildman–Crippen LogP) is 1.91. The zero-order valence-corrected chi connectivity index (χ0v) is 9.60. The largest absolute Gasteiger partial charge is 0.380 e. The number of hydrogen-bond donors (Lipinski definition) is 1. The molecule has 14 heavy (non-hydrogen) atoms. The monoisotopic (exact) mass is 300 g/mol. The van der Waals surface area contributed by atoms with Crippen molar-refractivity contribution in [2.45, 2.75) is 18.9 Å². The summed E-state index contributed by atoms with van der Waals surface area (Å²) in [6.07, 6.45) is 8.23. The van der Waals surface area contributed by atoms with E-state index in [1.54, 1.807) is 0 Å². The number of fused-ring (bicyclic) bond motifs is 1. The van der Waals surface area contributed by atoms with Crippen LogP contribution in [0, 0.1) is 3.57 Å². The smallest absolute Gasteiger partial charge is 0.168 e. The molecule has 0 spiro atoms. The van der Waals surface area contributed by atoms with E-state index in [0.29, 0.717) is 6.04 Å². The predicted molar refractivity (Wildman–Crippen MR) is 62.3 cm³/mol. The van der Waals surface area contributed by atoms with Crippen LogP contribution in [0.1, 0.15) is 12.8 Å². The summed E-state index contributed by atoms with van der Waals surface area (Å²) in [5.74, 6) is 0. The molecular weight excluding hydrogens is 291 g/mol.